The van der Waals surface area contributed by atoms with Crippen LogP contribution in [-0.4, -0.2) is 41.2 Å². The Hall–Kier alpha value is -2.58. The van der Waals surface area contributed by atoms with E-state index >= 15 is 0 Å². The summed E-state index contributed by atoms with van der Waals surface area (Å²) in [6, 6.07) is 12.5. The lowest BCUT2D eigenvalue weighted by molar-refractivity contribution is 0.0937. The van der Waals surface area contributed by atoms with E-state index in [0.717, 1.165) is 0 Å². The van der Waals surface area contributed by atoms with Crippen molar-refractivity contribution in [1.29, 1.82) is 0 Å². The van der Waals surface area contributed by atoms with E-state index in [1.165, 1.54) is 24.3 Å². The van der Waals surface area contributed by atoms with E-state index in [1.54, 1.807) is 31.4 Å². The van der Waals surface area contributed by atoms with Crippen LogP contribution in [-0.2, 0) is 14.8 Å². The van der Waals surface area contributed by atoms with Crippen LogP contribution in [0.15, 0.2) is 53.4 Å². The minimum absolute atomic E-state index is 0.0530. The number of hydrogen-bond acceptors (Lipinski definition) is 5. The number of anilines is 1. The molecule has 2 aromatic carbocycles. The molecule has 0 aliphatic rings. The molecule has 0 aliphatic heterocycles. The number of benzene rings is 2. The quantitative estimate of drug-likeness (QED) is 0.653. The summed E-state index contributed by atoms with van der Waals surface area (Å²) in [4.78, 5) is 12.0. The van der Waals surface area contributed by atoms with Gasteiger partial charge in [-0.3, -0.25) is 9.52 Å². The van der Waals surface area contributed by atoms with Gasteiger partial charge in [-0.1, -0.05) is 12.1 Å². The number of ether oxygens (including phenoxy) is 2. The molecule has 0 bridgehead atoms. The number of rotatable bonds is 9. The Labute approximate surface area is 153 Å². The Morgan fingerprint density at radius 1 is 1.08 bits per heavy atom. The lowest BCUT2D eigenvalue weighted by Crippen LogP contribution is -2.26. The van der Waals surface area contributed by atoms with E-state index < -0.39 is 10.0 Å². The number of carbonyl (C=O) groups excluding carboxylic acids is 1. The molecule has 7 nitrogen and oxygen atoms in total. The van der Waals surface area contributed by atoms with Gasteiger partial charge < -0.3 is 14.8 Å². The molecule has 0 fully saturated rings. The van der Waals surface area contributed by atoms with E-state index in [2.05, 4.69) is 10.0 Å². The van der Waals surface area contributed by atoms with Crippen molar-refractivity contribution in [1.82, 2.24) is 5.32 Å². The SMILES string of the molecule is CCOc1ccccc1NS(=O)(=O)c1ccc(C(=O)NCCOC)cc1. The fourth-order valence-electron chi connectivity index (χ4n) is 2.19. The van der Waals surface area contributed by atoms with Gasteiger partial charge in [0.25, 0.3) is 15.9 Å². The van der Waals surface area contributed by atoms with Crippen molar-refractivity contribution in [3.63, 3.8) is 0 Å². The summed E-state index contributed by atoms with van der Waals surface area (Å²) in [5, 5.41) is 2.67. The van der Waals surface area contributed by atoms with Crippen molar-refractivity contribution in [3.05, 3.63) is 54.1 Å². The first kappa shape index (κ1) is 19.7. The average Bonchev–Trinajstić information content (AvgIpc) is 2.63. The van der Waals surface area contributed by atoms with E-state index in [1.807, 2.05) is 6.92 Å². The first-order chi connectivity index (χ1) is 12.5. The molecular weight excluding hydrogens is 356 g/mol. The number of methoxy groups -OCH3 is 1. The third kappa shape index (κ3) is 5.21. The van der Waals surface area contributed by atoms with Crippen molar-refractivity contribution in [2.75, 3.05) is 31.6 Å². The molecule has 2 N–H and O–H groups in total. The normalized spacial score (nSPS) is 11.0. The van der Waals surface area contributed by atoms with Crippen molar-refractivity contribution in [3.8, 4) is 5.75 Å². The lowest BCUT2D eigenvalue weighted by atomic mass is 10.2. The Bertz CT molecular complexity index is 835. The number of amides is 1. The highest BCUT2D eigenvalue weighted by Crippen LogP contribution is 2.26. The lowest BCUT2D eigenvalue weighted by Gasteiger charge is -2.13. The van der Waals surface area contributed by atoms with Crippen LogP contribution < -0.4 is 14.8 Å². The standard InChI is InChI=1S/C18H22N2O5S/c1-3-25-17-7-5-4-6-16(17)20-26(22,23)15-10-8-14(9-11-15)18(21)19-12-13-24-2/h4-11,20H,3,12-13H2,1-2H3,(H,19,21). The smallest absolute Gasteiger partial charge is 0.262 e. The molecule has 0 saturated carbocycles. The van der Waals surface area contributed by atoms with Gasteiger partial charge in [-0.2, -0.15) is 0 Å². The predicted molar refractivity (Wildman–Crippen MR) is 99.1 cm³/mol. The Morgan fingerprint density at radius 2 is 1.77 bits per heavy atom. The van der Waals surface area contributed by atoms with Crippen LogP contribution in [0.4, 0.5) is 5.69 Å². The molecule has 2 rings (SSSR count). The molecule has 26 heavy (non-hydrogen) atoms. The summed E-state index contributed by atoms with van der Waals surface area (Å²) < 4.78 is 37.9. The van der Waals surface area contributed by atoms with Crippen LogP contribution in [0.5, 0.6) is 5.75 Å². The largest absolute Gasteiger partial charge is 0.492 e. The van der Waals surface area contributed by atoms with Crippen molar-refractivity contribution < 1.29 is 22.7 Å². The molecule has 0 unspecified atom stereocenters. The van der Waals surface area contributed by atoms with Crippen molar-refractivity contribution in [2.45, 2.75) is 11.8 Å². The number of para-hydroxylation sites is 2. The molecule has 0 heterocycles. The Balaban J connectivity index is 2.13. The van der Waals surface area contributed by atoms with Gasteiger partial charge in [0.2, 0.25) is 0 Å². The van der Waals surface area contributed by atoms with Crippen LogP contribution in [0.2, 0.25) is 0 Å². The molecule has 0 atom stereocenters. The molecule has 0 aromatic heterocycles. The summed E-state index contributed by atoms with van der Waals surface area (Å²) in [5.74, 6) is 0.161. The monoisotopic (exact) mass is 378 g/mol. The van der Waals surface area contributed by atoms with Gasteiger partial charge in [0.05, 0.1) is 23.8 Å². The van der Waals surface area contributed by atoms with Gasteiger partial charge >= 0.3 is 0 Å². The first-order valence-electron chi connectivity index (χ1n) is 8.09. The van der Waals surface area contributed by atoms with Crippen LogP contribution in [0, 0.1) is 0 Å². The fourth-order valence-corrected chi connectivity index (χ4v) is 3.26. The first-order valence-corrected chi connectivity index (χ1v) is 9.58. The average molecular weight is 378 g/mol. The van der Waals surface area contributed by atoms with Gasteiger partial charge in [0.1, 0.15) is 5.75 Å². The van der Waals surface area contributed by atoms with Crippen LogP contribution in [0.1, 0.15) is 17.3 Å². The maximum Gasteiger partial charge on any atom is 0.262 e. The second kappa shape index (κ2) is 9.21. The third-order valence-electron chi connectivity index (χ3n) is 3.45. The highest BCUT2D eigenvalue weighted by atomic mass is 32.2. The van der Waals surface area contributed by atoms with E-state index in [-0.39, 0.29) is 10.8 Å². The van der Waals surface area contributed by atoms with E-state index in [4.69, 9.17) is 9.47 Å². The molecule has 0 aliphatic carbocycles. The molecule has 0 saturated heterocycles. The highest BCUT2D eigenvalue weighted by molar-refractivity contribution is 7.92. The molecular formula is C18H22N2O5S. The minimum Gasteiger partial charge on any atom is -0.492 e. The predicted octanol–water partition coefficient (Wildman–Crippen LogP) is 2.26. The summed E-state index contributed by atoms with van der Waals surface area (Å²) in [6.45, 7) is 3.03. The topological polar surface area (TPSA) is 93.7 Å². The fraction of sp³-hybridized carbons (Fsp3) is 0.278. The molecule has 0 radical (unpaired) electrons. The van der Waals surface area contributed by atoms with Gasteiger partial charge in [-0.15, -0.1) is 0 Å². The number of sulfonamides is 1. The molecule has 1 amide bonds. The van der Waals surface area contributed by atoms with Crippen molar-refractivity contribution >= 4 is 21.6 Å². The molecule has 0 spiro atoms. The van der Waals surface area contributed by atoms with Gasteiger partial charge in [0.15, 0.2) is 0 Å². The summed E-state index contributed by atoms with van der Waals surface area (Å²) in [6.07, 6.45) is 0. The van der Waals surface area contributed by atoms with Gasteiger partial charge in [-0.05, 0) is 43.3 Å². The van der Waals surface area contributed by atoms with E-state index in [0.29, 0.717) is 36.8 Å². The second-order valence-electron chi connectivity index (χ2n) is 5.31. The third-order valence-corrected chi connectivity index (χ3v) is 4.83. The van der Waals surface area contributed by atoms with Gasteiger partial charge in [-0.25, -0.2) is 8.42 Å². The summed E-state index contributed by atoms with van der Waals surface area (Å²) >= 11 is 0. The van der Waals surface area contributed by atoms with Crippen LogP contribution >= 0.6 is 0 Å². The Kier molecular flexibility index (Phi) is 6.99. The maximum absolute atomic E-state index is 12.6. The van der Waals surface area contributed by atoms with Crippen LogP contribution in [0.3, 0.4) is 0 Å². The molecule has 2 aromatic rings. The molecule has 8 heteroatoms. The van der Waals surface area contributed by atoms with E-state index in [9.17, 15) is 13.2 Å². The minimum atomic E-state index is -3.80. The number of nitrogens with one attached hydrogen (secondary N) is 2. The zero-order valence-electron chi connectivity index (χ0n) is 14.7. The summed E-state index contributed by atoms with van der Waals surface area (Å²) in [5.41, 5.74) is 0.727. The second-order valence-corrected chi connectivity index (χ2v) is 6.99. The van der Waals surface area contributed by atoms with Crippen molar-refractivity contribution in [2.24, 2.45) is 0 Å². The Morgan fingerprint density at radius 3 is 2.42 bits per heavy atom. The number of hydrogen-bond donors (Lipinski definition) is 2. The number of carbonyl (C=O) groups is 1. The summed E-state index contributed by atoms with van der Waals surface area (Å²) in [7, 11) is -2.26. The van der Waals surface area contributed by atoms with Crippen LogP contribution in [0.25, 0.3) is 0 Å². The van der Waals surface area contributed by atoms with Gasteiger partial charge in [0, 0.05) is 19.2 Å². The maximum atomic E-state index is 12.6. The zero-order chi connectivity index (χ0) is 19.0. The highest BCUT2D eigenvalue weighted by Gasteiger charge is 2.17. The molecule has 140 valence electrons. The zero-order valence-corrected chi connectivity index (χ0v) is 15.5.